The summed E-state index contributed by atoms with van der Waals surface area (Å²) >= 11 is 0. The maximum absolute atomic E-state index is 4.36. The normalized spacial score (nSPS) is 10.6. The van der Waals surface area contributed by atoms with Crippen LogP contribution in [-0.2, 0) is 0 Å². The summed E-state index contributed by atoms with van der Waals surface area (Å²) < 4.78 is 0. The fourth-order valence-corrected chi connectivity index (χ4v) is 3.00. The number of fused-ring (bicyclic) bond motifs is 1. The molecule has 25 heavy (non-hydrogen) atoms. The Kier molecular flexibility index (Phi) is 9.58. The second kappa shape index (κ2) is 12.4. The van der Waals surface area contributed by atoms with Crippen molar-refractivity contribution >= 4 is 22.6 Å². The van der Waals surface area contributed by atoms with Gasteiger partial charge in [0.25, 0.3) is 0 Å². The topological polar surface area (TPSA) is 37.6 Å². The molecule has 0 N–H and O–H groups in total. The predicted octanol–water partition coefficient (Wildman–Crippen LogP) is 6.96. The van der Waals surface area contributed by atoms with Crippen molar-refractivity contribution < 1.29 is 0 Å². The molecule has 134 valence electrons. The Hall–Kier alpha value is -1.99. The van der Waals surface area contributed by atoms with Gasteiger partial charge in [-0.05, 0) is 30.7 Å². The standard InChI is InChI=1S/C22H31N3/c1-2-3-4-5-6-7-8-9-10-11-17-23-19-25-22-16-12-15-21-20(22)14-13-18-24-21/h12-16,18H,2-11,17H2,1H3. The first-order chi connectivity index (χ1) is 12.4. The molecular formula is C22H31N3. The molecule has 0 saturated heterocycles. The lowest BCUT2D eigenvalue weighted by Gasteiger charge is -2.00. The lowest BCUT2D eigenvalue weighted by Crippen LogP contribution is -1.84. The fourth-order valence-electron chi connectivity index (χ4n) is 3.00. The molecule has 0 bridgehead atoms. The third kappa shape index (κ3) is 7.62. The van der Waals surface area contributed by atoms with Gasteiger partial charge in [0.15, 0.2) is 0 Å². The fraction of sp³-hybridized carbons (Fsp3) is 0.545. The van der Waals surface area contributed by atoms with Gasteiger partial charge in [0.05, 0.1) is 17.2 Å². The number of aromatic nitrogens is 1. The smallest absolute Gasteiger partial charge is 0.0949 e. The number of hydrogen-bond donors (Lipinski definition) is 0. The van der Waals surface area contributed by atoms with Gasteiger partial charge < -0.3 is 0 Å². The molecule has 0 aliphatic rings. The Bertz CT molecular complexity index is 667. The van der Waals surface area contributed by atoms with E-state index in [0.717, 1.165) is 29.6 Å². The minimum atomic E-state index is 0.822. The summed E-state index contributed by atoms with van der Waals surface area (Å²) in [6.07, 6.45) is 15.3. The summed E-state index contributed by atoms with van der Waals surface area (Å²) in [6, 6.07) is 12.8. The maximum atomic E-state index is 4.36. The Morgan fingerprint density at radius 2 is 1.56 bits per heavy atom. The average molecular weight is 338 g/mol. The van der Waals surface area contributed by atoms with Crippen molar-refractivity contribution in [2.45, 2.75) is 71.1 Å². The molecule has 3 heteroatoms. The van der Waals surface area contributed by atoms with Gasteiger partial charge >= 0.3 is 0 Å². The molecule has 1 aromatic heterocycles. The molecule has 0 aliphatic carbocycles. The Morgan fingerprint density at radius 3 is 2.32 bits per heavy atom. The minimum absolute atomic E-state index is 0.822. The van der Waals surface area contributed by atoms with E-state index in [-0.39, 0.29) is 0 Å². The molecule has 0 amide bonds. The van der Waals surface area contributed by atoms with E-state index >= 15 is 0 Å². The van der Waals surface area contributed by atoms with Crippen LogP contribution in [0.25, 0.3) is 10.9 Å². The van der Waals surface area contributed by atoms with Crippen LogP contribution in [0.2, 0.25) is 0 Å². The van der Waals surface area contributed by atoms with Crippen LogP contribution in [0.3, 0.4) is 0 Å². The molecular weight excluding hydrogens is 306 g/mol. The highest BCUT2D eigenvalue weighted by atomic mass is 14.8. The van der Waals surface area contributed by atoms with Gasteiger partial charge in [0, 0.05) is 18.1 Å². The van der Waals surface area contributed by atoms with Crippen LogP contribution < -0.4 is 0 Å². The van der Waals surface area contributed by atoms with Crippen LogP contribution in [-0.4, -0.2) is 17.5 Å². The SMILES string of the molecule is CCCCCCCCCCCCN=C=Nc1cccc2ncccc12. The summed E-state index contributed by atoms with van der Waals surface area (Å²) in [5.41, 5.74) is 1.85. The maximum Gasteiger partial charge on any atom is 0.0949 e. The summed E-state index contributed by atoms with van der Waals surface area (Å²) in [5, 5.41) is 1.05. The van der Waals surface area contributed by atoms with Crippen LogP contribution in [0, 0.1) is 0 Å². The summed E-state index contributed by atoms with van der Waals surface area (Å²) in [5.74, 6) is 0. The van der Waals surface area contributed by atoms with Crippen LogP contribution in [0.5, 0.6) is 0 Å². The van der Waals surface area contributed by atoms with E-state index in [1.807, 2.05) is 30.3 Å². The van der Waals surface area contributed by atoms with Gasteiger partial charge in [-0.15, -0.1) is 0 Å². The van der Waals surface area contributed by atoms with Crippen molar-refractivity contribution in [3.05, 3.63) is 36.5 Å². The van der Waals surface area contributed by atoms with Gasteiger partial charge in [0.2, 0.25) is 0 Å². The van der Waals surface area contributed by atoms with Crippen molar-refractivity contribution in [2.24, 2.45) is 9.98 Å². The number of hydrogen-bond acceptors (Lipinski definition) is 3. The van der Waals surface area contributed by atoms with E-state index < -0.39 is 0 Å². The molecule has 1 heterocycles. The monoisotopic (exact) mass is 337 g/mol. The van der Waals surface area contributed by atoms with Crippen molar-refractivity contribution in [3.63, 3.8) is 0 Å². The molecule has 0 fully saturated rings. The summed E-state index contributed by atoms with van der Waals surface area (Å²) in [6.45, 7) is 3.09. The number of pyridine rings is 1. The van der Waals surface area contributed by atoms with E-state index in [1.165, 1.54) is 57.8 Å². The highest BCUT2D eigenvalue weighted by Gasteiger charge is 1.98. The van der Waals surface area contributed by atoms with E-state index in [2.05, 4.69) is 27.9 Å². The zero-order valence-corrected chi connectivity index (χ0v) is 15.6. The van der Waals surface area contributed by atoms with E-state index in [4.69, 9.17) is 0 Å². The highest BCUT2D eigenvalue weighted by Crippen LogP contribution is 2.23. The third-order valence-corrected chi connectivity index (χ3v) is 4.49. The largest absolute Gasteiger partial charge is 0.256 e. The Morgan fingerprint density at radius 1 is 0.840 bits per heavy atom. The van der Waals surface area contributed by atoms with E-state index in [0.29, 0.717) is 0 Å². The first-order valence-electron chi connectivity index (χ1n) is 9.88. The first kappa shape index (κ1) is 19.3. The Balaban J connectivity index is 1.59. The molecule has 0 saturated carbocycles. The van der Waals surface area contributed by atoms with Crippen molar-refractivity contribution in [1.29, 1.82) is 0 Å². The van der Waals surface area contributed by atoms with E-state index in [9.17, 15) is 0 Å². The van der Waals surface area contributed by atoms with Crippen LogP contribution in [0.4, 0.5) is 5.69 Å². The van der Waals surface area contributed by atoms with Crippen molar-refractivity contribution in [3.8, 4) is 0 Å². The van der Waals surface area contributed by atoms with Gasteiger partial charge in [-0.3, -0.25) is 4.98 Å². The zero-order valence-electron chi connectivity index (χ0n) is 15.6. The molecule has 0 aliphatic heterocycles. The molecule has 0 unspecified atom stereocenters. The lowest BCUT2D eigenvalue weighted by atomic mass is 10.1. The second-order valence-corrected chi connectivity index (χ2v) is 6.62. The molecule has 0 atom stereocenters. The van der Waals surface area contributed by atoms with Crippen LogP contribution in [0.1, 0.15) is 71.1 Å². The van der Waals surface area contributed by atoms with Gasteiger partial charge in [0.1, 0.15) is 0 Å². The van der Waals surface area contributed by atoms with Crippen LogP contribution in [0.15, 0.2) is 46.5 Å². The lowest BCUT2D eigenvalue weighted by molar-refractivity contribution is 0.558. The van der Waals surface area contributed by atoms with E-state index in [1.54, 1.807) is 6.20 Å². The second-order valence-electron chi connectivity index (χ2n) is 6.62. The molecule has 0 radical (unpaired) electrons. The number of benzene rings is 1. The van der Waals surface area contributed by atoms with Gasteiger partial charge in [-0.1, -0.05) is 70.8 Å². The van der Waals surface area contributed by atoms with Gasteiger partial charge in [-0.25, -0.2) is 4.99 Å². The average Bonchev–Trinajstić information content (AvgIpc) is 2.65. The predicted molar refractivity (Wildman–Crippen MR) is 108 cm³/mol. The summed E-state index contributed by atoms with van der Waals surface area (Å²) in [7, 11) is 0. The van der Waals surface area contributed by atoms with Crippen molar-refractivity contribution in [1.82, 2.24) is 4.98 Å². The highest BCUT2D eigenvalue weighted by molar-refractivity contribution is 5.90. The number of unbranched alkanes of at least 4 members (excludes halogenated alkanes) is 9. The molecule has 1 aromatic carbocycles. The third-order valence-electron chi connectivity index (χ3n) is 4.49. The zero-order chi connectivity index (χ0) is 17.6. The molecule has 2 rings (SSSR count). The van der Waals surface area contributed by atoms with Crippen molar-refractivity contribution in [2.75, 3.05) is 6.54 Å². The van der Waals surface area contributed by atoms with Crippen LogP contribution >= 0.6 is 0 Å². The van der Waals surface area contributed by atoms with Gasteiger partial charge in [-0.2, -0.15) is 4.99 Å². The molecule has 0 spiro atoms. The Labute approximate surface area is 152 Å². The summed E-state index contributed by atoms with van der Waals surface area (Å²) in [4.78, 5) is 13.0. The minimum Gasteiger partial charge on any atom is -0.256 e. The molecule has 3 nitrogen and oxygen atoms in total. The number of rotatable bonds is 12. The number of aliphatic imine (C=N–C) groups is 2. The number of nitrogens with zero attached hydrogens (tertiary/aromatic N) is 3. The first-order valence-corrected chi connectivity index (χ1v) is 9.88. The quantitative estimate of drug-likeness (QED) is 0.304. The molecule has 2 aromatic rings.